The molecule has 0 aromatic rings. The van der Waals surface area contributed by atoms with E-state index in [9.17, 15) is 0 Å². The van der Waals surface area contributed by atoms with Gasteiger partial charge in [-0.3, -0.25) is 0 Å². The van der Waals surface area contributed by atoms with E-state index in [1.54, 1.807) is 0 Å². The molecule has 2 nitrogen and oxygen atoms in total. The Morgan fingerprint density at radius 2 is 1.72 bits per heavy atom. The van der Waals surface area contributed by atoms with Crippen molar-refractivity contribution in [1.29, 1.82) is 0 Å². The molecule has 0 saturated heterocycles. The summed E-state index contributed by atoms with van der Waals surface area (Å²) in [6.07, 6.45) is 12.5. The highest BCUT2D eigenvalue weighted by Crippen LogP contribution is 2.21. The molecular formula is C16H34N2. The van der Waals surface area contributed by atoms with E-state index >= 15 is 0 Å². The second kappa shape index (κ2) is 9.80. The van der Waals surface area contributed by atoms with Gasteiger partial charge in [-0.05, 0) is 39.3 Å². The Morgan fingerprint density at radius 1 is 1.06 bits per heavy atom. The van der Waals surface area contributed by atoms with Gasteiger partial charge in [-0.15, -0.1) is 0 Å². The normalized spacial score (nSPS) is 20.0. The Hall–Kier alpha value is -0.0800. The van der Waals surface area contributed by atoms with Crippen molar-refractivity contribution in [3.63, 3.8) is 0 Å². The van der Waals surface area contributed by atoms with Crippen LogP contribution in [0.25, 0.3) is 0 Å². The van der Waals surface area contributed by atoms with E-state index in [0.29, 0.717) is 6.04 Å². The molecular weight excluding hydrogens is 220 g/mol. The molecule has 0 bridgehead atoms. The first kappa shape index (κ1) is 16.0. The molecule has 1 unspecified atom stereocenters. The fourth-order valence-corrected chi connectivity index (χ4v) is 3.15. The van der Waals surface area contributed by atoms with Gasteiger partial charge >= 0.3 is 0 Å². The predicted octanol–water partition coefficient (Wildman–Crippen LogP) is 3.81. The lowest BCUT2D eigenvalue weighted by Crippen LogP contribution is -2.43. The standard InChI is InChI=1S/C16H34N2/c1-4-10-15(17-13-5-2)14-18(3)16-11-8-6-7-9-12-16/h15-17H,4-14H2,1-3H3. The van der Waals surface area contributed by atoms with Gasteiger partial charge < -0.3 is 10.2 Å². The first-order chi connectivity index (χ1) is 8.77. The molecule has 0 aromatic heterocycles. The zero-order chi connectivity index (χ0) is 13.2. The fraction of sp³-hybridized carbons (Fsp3) is 1.00. The molecule has 1 saturated carbocycles. The summed E-state index contributed by atoms with van der Waals surface area (Å²) in [6.45, 7) is 6.96. The number of hydrogen-bond acceptors (Lipinski definition) is 2. The van der Waals surface area contributed by atoms with Crippen LogP contribution in [0.1, 0.15) is 71.6 Å². The quantitative estimate of drug-likeness (QED) is 0.663. The maximum absolute atomic E-state index is 3.71. The predicted molar refractivity (Wildman–Crippen MR) is 81.1 cm³/mol. The van der Waals surface area contributed by atoms with E-state index in [-0.39, 0.29) is 0 Å². The molecule has 1 rings (SSSR count). The highest BCUT2D eigenvalue weighted by atomic mass is 15.2. The number of likely N-dealkylation sites (N-methyl/N-ethyl adjacent to an activating group) is 1. The second-order valence-corrected chi connectivity index (χ2v) is 6.02. The summed E-state index contributed by atoms with van der Waals surface area (Å²) in [5, 5.41) is 3.71. The molecule has 0 aliphatic heterocycles. The molecule has 108 valence electrons. The Kier molecular flexibility index (Phi) is 8.70. The van der Waals surface area contributed by atoms with Crippen molar-refractivity contribution in [3.05, 3.63) is 0 Å². The van der Waals surface area contributed by atoms with Crippen LogP contribution < -0.4 is 5.32 Å². The van der Waals surface area contributed by atoms with Gasteiger partial charge in [0.2, 0.25) is 0 Å². The lowest BCUT2D eigenvalue weighted by Gasteiger charge is -2.31. The first-order valence-electron chi connectivity index (χ1n) is 8.21. The lowest BCUT2D eigenvalue weighted by atomic mass is 10.1. The van der Waals surface area contributed by atoms with E-state index in [2.05, 4.69) is 31.1 Å². The van der Waals surface area contributed by atoms with E-state index in [0.717, 1.165) is 6.04 Å². The second-order valence-electron chi connectivity index (χ2n) is 6.02. The van der Waals surface area contributed by atoms with Gasteiger partial charge in [0.15, 0.2) is 0 Å². The van der Waals surface area contributed by atoms with Crippen LogP contribution in [0.2, 0.25) is 0 Å². The van der Waals surface area contributed by atoms with Crippen LogP contribution in [0.4, 0.5) is 0 Å². The van der Waals surface area contributed by atoms with Gasteiger partial charge in [0.05, 0.1) is 0 Å². The van der Waals surface area contributed by atoms with Gasteiger partial charge in [0.25, 0.3) is 0 Å². The lowest BCUT2D eigenvalue weighted by molar-refractivity contribution is 0.194. The molecule has 1 fully saturated rings. The smallest absolute Gasteiger partial charge is 0.0194 e. The third-order valence-corrected chi connectivity index (χ3v) is 4.28. The molecule has 1 aliphatic carbocycles. The van der Waals surface area contributed by atoms with Crippen molar-refractivity contribution in [2.75, 3.05) is 20.1 Å². The summed E-state index contributed by atoms with van der Waals surface area (Å²) in [5.41, 5.74) is 0. The minimum atomic E-state index is 0.697. The van der Waals surface area contributed by atoms with Crippen molar-refractivity contribution in [2.24, 2.45) is 0 Å². The summed E-state index contributed by atoms with van der Waals surface area (Å²) in [7, 11) is 2.34. The zero-order valence-corrected chi connectivity index (χ0v) is 12.9. The van der Waals surface area contributed by atoms with E-state index in [4.69, 9.17) is 0 Å². The van der Waals surface area contributed by atoms with E-state index in [1.807, 2.05) is 0 Å². The summed E-state index contributed by atoms with van der Waals surface area (Å²) in [6, 6.07) is 1.54. The summed E-state index contributed by atoms with van der Waals surface area (Å²) >= 11 is 0. The van der Waals surface area contributed by atoms with Crippen LogP contribution in [0.15, 0.2) is 0 Å². The van der Waals surface area contributed by atoms with Crippen LogP contribution >= 0.6 is 0 Å². The van der Waals surface area contributed by atoms with Gasteiger partial charge in [0, 0.05) is 18.6 Å². The van der Waals surface area contributed by atoms with Crippen LogP contribution in [0.3, 0.4) is 0 Å². The molecule has 1 atom stereocenters. The highest BCUT2D eigenvalue weighted by Gasteiger charge is 2.19. The Morgan fingerprint density at radius 3 is 2.28 bits per heavy atom. The maximum atomic E-state index is 3.71. The average Bonchev–Trinajstić information content (AvgIpc) is 2.65. The number of hydrogen-bond donors (Lipinski definition) is 1. The maximum Gasteiger partial charge on any atom is 0.0194 e. The zero-order valence-electron chi connectivity index (χ0n) is 12.9. The Bertz CT molecular complexity index is 186. The van der Waals surface area contributed by atoms with Gasteiger partial charge in [-0.2, -0.15) is 0 Å². The molecule has 1 aliphatic rings. The minimum Gasteiger partial charge on any atom is -0.313 e. The van der Waals surface area contributed by atoms with E-state index < -0.39 is 0 Å². The highest BCUT2D eigenvalue weighted by molar-refractivity contribution is 4.77. The molecule has 1 N–H and O–H groups in total. The summed E-state index contributed by atoms with van der Waals surface area (Å²) in [5.74, 6) is 0. The van der Waals surface area contributed by atoms with E-state index in [1.165, 1.54) is 70.9 Å². The summed E-state index contributed by atoms with van der Waals surface area (Å²) < 4.78 is 0. The van der Waals surface area contributed by atoms with Crippen molar-refractivity contribution >= 4 is 0 Å². The van der Waals surface area contributed by atoms with Crippen LogP contribution in [0.5, 0.6) is 0 Å². The number of nitrogens with zero attached hydrogens (tertiary/aromatic N) is 1. The third kappa shape index (κ3) is 6.19. The monoisotopic (exact) mass is 254 g/mol. The van der Waals surface area contributed by atoms with Crippen molar-refractivity contribution in [3.8, 4) is 0 Å². The molecule has 0 heterocycles. The molecule has 18 heavy (non-hydrogen) atoms. The SMILES string of the molecule is CCCNC(CCC)CN(C)C1CCCCCC1. The third-order valence-electron chi connectivity index (χ3n) is 4.28. The molecule has 0 spiro atoms. The number of rotatable bonds is 8. The topological polar surface area (TPSA) is 15.3 Å². The molecule has 0 amide bonds. The van der Waals surface area contributed by atoms with Gasteiger partial charge in [-0.25, -0.2) is 0 Å². The molecule has 0 aromatic carbocycles. The average molecular weight is 254 g/mol. The Balaban J connectivity index is 2.35. The Labute approximate surface area is 115 Å². The van der Waals surface area contributed by atoms with Crippen LogP contribution in [0, 0.1) is 0 Å². The van der Waals surface area contributed by atoms with Gasteiger partial charge in [0.1, 0.15) is 0 Å². The van der Waals surface area contributed by atoms with Crippen molar-refractivity contribution < 1.29 is 0 Å². The first-order valence-corrected chi connectivity index (χ1v) is 8.21. The summed E-state index contributed by atoms with van der Waals surface area (Å²) in [4.78, 5) is 2.63. The molecule has 2 heteroatoms. The molecule has 0 radical (unpaired) electrons. The van der Waals surface area contributed by atoms with Crippen LogP contribution in [-0.2, 0) is 0 Å². The van der Waals surface area contributed by atoms with Crippen molar-refractivity contribution in [1.82, 2.24) is 10.2 Å². The largest absolute Gasteiger partial charge is 0.313 e. The number of nitrogens with one attached hydrogen (secondary N) is 1. The van der Waals surface area contributed by atoms with Gasteiger partial charge in [-0.1, -0.05) is 46.0 Å². The fourth-order valence-electron chi connectivity index (χ4n) is 3.15. The van der Waals surface area contributed by atoms with Crippen molar-refractivity contribution in [2.45, 2.75) is 83.7 Å². The van der Waals surface area contributed by atoms with Crippen LogP contribution in [-0.4, -0.2) is 37.1 Å². The minimum absolute atomic E-state index is 0.697.